The number of nitrogens with one attached hydrogen (secondary N) is 1. The van der Waals surface area contributed by atoms with E-state index >= 15 is 0 Å². The molecular formula is C20H19N3O5. The molecule has 0 unspecified atom stereocenters. The zero-order valence-electron chi connectivity index (χ0n) is 15.2. The van der Waals surface area contributed by atoms with Crippen molar-refractivity contribution in [2.75, 3.05) is 18.6 Å². The molecule has 8 nitrogen and oxygen atoms in total. The van der Waals surface area contributed by atoms with E-state index in [9.17, 15) is 19.7 Å². The Balaban J connectivity index is 1.57. The van der Waals surface area contributed by atoms with Gasteiger partial charge < -0.3 is 15.0 Å². The van der Waals surface area contributed by atoms with Gasteiger partial charge in [-0.1, -0.05) is 0 Å². The molecule has 1 fully saturated rings. The van der Waals surface area contributed by atoms with Crippen molar-refractivity contribution in [3.63, 3.8) is 0 Å². The molecule has 1 aliphatic heterocycles. The van der Waals surface area contributed by atoms with Crippen LogP contribution >= 0.6 is 0 Å². The maximum Gasteiger partial charge on any atom is 0.269 e. The molecule has 2 aromatic carbocycles. The summed E-state index contributed by atoms with van der Waals surface area (Å²) in [5.41, 5.74) is 1.41. The molecule has 0 aliphatic carbocycles. The number of rotatable bonds is 6. The number of methoxy groups -OCH3 is 1. The molecule has 0 aromatic heterocycles. The highest BCUT2D eigenvalue weighted by molar-refractivity contribution is 5.98. The first-order valence-electron chi connectivity index (χ1n) is 8.63. The highest BCUT2D eigenvalue weighted by atomic mass is 16.6. The normalized spacial score (nSPS) is 16.4. The fourth-order valence-electron chi connectivity index (χ4n) is 2.94. The minimum Gasteiger partial charge on any atom is -0.497 e. The summed E-state index contributed by atoms with van der Waals surface area (Å²) in [5, 5.41) is 13.5. The Hall–Kier alpha value is -3.68. The molecule has 0 bridgehead atoms. The third-order valence-electron chi connectivity index (χ3n) is 4.39. The van der Waals surface area contributed by atoms with Gasteiger partial charge in [0.15, 0.2) is 0 Å². The second-order valence-electron chi connectivity index (χ2n) is 6.29. The number of non-ortho nitro benzene ring substituents is 1. The standard InChI is InChI=1S/C20H19N3O5/c1-28-18-9-7-16(8-10-18)22-13-15(12-20(22)25)21-19(24)11-4-14-2-5-17(6-3-14)23(26)27/h2-11,15H,12-13H2,1H3,(H,21,24)/b11-4-/t15-/m1/s1. The molecule has 1 heterocycles. The average Bonchev–Trinajstić information content (AvgIpc) is 3.06. The van der Waals surface area contributed by atoms with Crippen molar-refractivity contribution in [3.05, 3.63) is 70.3 Å². The van der Waals surface area contributed by atoms with Crippen molar-refractivity contribution in [1.82, 2.24) is 5.32 Å². The Kier molecular flexibility index (Phi) is 5.69. The van der Waals surface area contributed by atoms with Crippen LogP contribution in [-0.2, 0) is 9.59 Å². The summed E-state index contributed by atoms with van der Waals surface area (Å²) >= 11 is 0. The molecule has 0 radical (unpaired) electrons. The lowest BCUT2D eigenvalue weighted by molar-refractivity contribution is -0.384. The summed E-state index contributed by atoms with van der Waals surface area (Å²) in [6.07, 6.45) is 3.14. The fourth-order valence-corrected chi connectivity index (χ4v) is 2.94. The lowest BCUT2D eigenvalue weighted by Gasteiger charge is -2.17. The van der Waals surface area contributed by atoms with Crippen LogP contribution < -0.4 is 15.0 Å². The largest absolute Gasteiger partial charge is 0.497 e. The lowest BCUT2D eigenvalue weighted by atomic mass is 10.2. The smallest absolute Gasteiger partial charge is 0.269 e. The third kappa shape index (κ3) is 4.53. The summed E-state index contributed by atoms with van der Waals surface area (Å²) in [7, 11) is 1.58. The van der Waals surface area contributed by atoms with Gasteiger partial charge in [0.25, 0.3) is 5.69 Å². The SMILES string of the molecule is COc1ccc(N2C[C@H](NC(=O)/C=C\c3ccc([N+](=O)[O-])cc3)CC2=O)cc1. The van der Waals surface area contributed by atoms with Crippen LogP contribution in [0.1, 0.15) is 12.0 Å². The number of hydrogen-bond acceptors (Lipinski definition) is 5. The molecule has 1 atom stereocenters. The van der Waals surface area contributed by atoms with Gasteiger partial charge >= 0.3 is 0 Å². The van der Waals surface area contributed by atoms with Gasteiger partial charge in [0.2, 0.25) is 11.8 Å². The van der Waals surface area contributed by atoms with Gasteiger partial charge in [-0.15, -0.1) is 0 Å². The maximum absolute atomic E-state index is 12.3. The molecule has 0 spiro atoms. The second-order valence-corrected chi connectivity index (χ2v) is 6.29. The Morgan fingerprint density at radius 2 is 1.89 bits per heavy atom. The van der Waals surface area contributed by atoms with Crippen molar-refractivity contribution in [3.8, 4) is 5.75 Å². The van der Waals surface area contributed by atoms with Crippen molar-refractivity contribution in [2.24, 2.45) is 0 Å². The molecule has 28 heavy (non-hydrogen) atoms. The van der Waals surface area contributed by atoms with Crippen LogP contribution in [0.2, 0.25) is 0 Å². The van der Waals surface area contributed by atoms with Crippen LogP contribution in [0.25, 0.3) is 6.08 Å². The highest BCUT2D eigenvalue weighted by Crippen LogP contribution is 2.24. The topological polar surface area (TPSA) is 102 Å². The van der Waals surface area contributed by atoms with Crippen LogP contribution in [0, 0.1) is 10.1 Å². The molecule has 0 saturated carbocycles. The molecule has 144 valence electrons. The molecule has 2 aromatic rings. The van der Waals surface area contributed by atoms with Gasteiger partial charge in [-0.2, -0.15) is 0 Å². The van der Waals surface area contributed by atoms with Gasteiger partial charge in [-0.3, -0.25) is 19.7 Å². The van der Waals surface area contributed by atoms with E-state index in [-0.39, 0.29) is 30.0 Å². The molecule has 1 saturated heterocycles. The van der Waals surface area contributed by atoms with E-state index in [1.54, 1.807) is 54.5 Å². The minimum absolute atomic E-state index is 0.00954. The van der Waals surface area contributed by atoms with Crippen molar-refractivity contribution in [2.45, 2.75) is 12.5 Å². The van der Waals surface area contributed by atoms with Gasteiger partial charge in [-0.05, 0) is 48.0 Å². The number of carbonyl (C=O) groups is 2. The van der Waals surface area contributed by atoms with Gasteiger partial charge in [0.1, 0.15) is 5.75 Å². The monoisotopic (exact) mass is 381 g/mol. The second kappa shape index (κ2) is 8.34. The Morgan fingerprint density at radius 3 is 2.50 bits per heavy atom. The van der Waals surface area contributed by atoms with E-state index in [0.717, 1.165) is 5.69 Å². The van der Waals surface area contributed by atoms with Crippen molar-refractivity contribution < 1.29 is 19.2 Å². The van der Waals surface area contributed by atoms with E-state index in [1.165, 1.54) is 18.2 Å². The van der Waals surface area contributed by atoms with E-state index < -0.39 is 4.92 Å². The summed E-state index contributed by atoms with van der Waals surface area (Å²) in [6.45, 7) is 0.391. The Labute approximate surface area is 161 Å². The van der Waals surface area contributed by atoms with E-state index in [1.807, 2.05) is 0 Å². The summed E-state index contributed by atoms with van der Waals surface area (Å²) < 4.78 is 5.11. The van der Waals surface area contributed by atoms with E-state index in [4.69, 9.17) is 4.74 Å². The first-order valence-corrected chi connectivity index (χ1v) is 8.63. The van der Waals surface area contributed by atoms with Crippen LogP contribution in [0.15, 0.2) is 54.6 Å². The molecule has 1 N–H and O–H groups in total. The number of amides is 2. The Bertz CT molecular complexity index is 906. The first kappa shape index (κ1) is 19.1. The Morgan fingerprint density at radius 1 is 1.21 bits per heavy atom. The molecule has 3 rings (SSSR count). The van der Waals surface area contributed by atoms with Crippen molar-refractivity contribution >= 4 is 29.3 Å². The first-order chi connectivity index (χ1) is 13.5. The number of nitro groups is 1. The van der Waals surface area contributed by atoms with Gasteiger partial charge in [-0.25, -0.2) is 0 Å². The fraction of sp³-hybridized carbons (Fsp3) is 0.200. The number of hydrogen-bond donors (Lipinski definition) is 1. The van der Waals surface area contributed by atoms with Crippen LogP contribution in [0.4, 0.5) is 11.4 Å². The minimum atomic E-state index is -0.480. The average molecular weight is 381 g/mol. The number of benzene rings is 2. The molecule has 2 amide bonds. The number of carbonyl (C=O) groups excluding carboxylic acids is 2. The predicted octanol–water partition coefficient (Wildman–Crippen LogP) is 2.54. The number of anilines is 1. The lowest BCUT2D eigenvalue weighted by Crippen LogP contribution is -2.36. The summed E-state index contributed by atoms with van der Waals surface area (Å²) in [6, 6.07) is 12.7. The maximum atomic E-state index is 12.3. The van der Waals surface area contributed by atoms with E-state index in [2.05, 4.69) is 5.32 Å². The zero-order valence-corrected chi connectivity index (χ0v) is 15.2. The van der Waals surface area contributed by atoms with E-state index in [0.29, 0.717) is 17.9 Å². The predicted molar refractivity (Wildman–Crippen MR) is 104 cm³/mol. The van der Waals surface area contributed by atoms with Crippen LogP contribution in [0.5, 0.6) is 5.75 Å². The number of nitrogens with zero attached hydrogens (tertiary/aromatic N) is 2. The number of ether oxygens (including phenoxy) is 1. The molecular weight excluding hydrogens is 362 g/mol. The van der Waals surface area contributed by atoms with Gasteiger partial charge in [0.05, 0.1) is 18.1 Å². The highest BCUT2D eigenvalue weighted by Gasteiger charge is 2.31. The number of nitro benzene ring substituents is 1. The summed E-state index contributed by atoms with van der Waals surface area (Å²) in [5.74, 6) is 0.319. The van der Waals surface area contributed by atoms with Crippen LogP contribution in [-0.4, -0.2) is 36.4 Å². The van der Waals surface area contributed by atoms with Crippen molar-refractivity contribution in [1.29, 1.82) is 0 Å². The quantitative estimate of drug-likeness (QED) is 0.471. The third-order valence-corrected chi connectivity index (χ3v) is 4.39. The molecule has 1 aliphatic rings. The molecule has 8 heteroatoms. The zero-order chi connectivity index (χ0) is 20.1. The van der Waals surface area contributed by atoms with Crippen LogP contribution in [0.3, 0.4) is 0 Å². The van der Waals surface area contributed by atoms with Gasteiger partial charge in [0, 0.05) is 36.9 Å². The summed E-state index contributed by atoms with van der Waals surface area (Å²) in [4.78, 5) is 36.2.